The summed E-state index contributed by atoms with van der Waals surface area (Å²) < 4.78 is 0. The Morgan fingerprint density at radius 2 is 2.38 bits per heavy atom. The van der Waals surface area contributed by atoms with Crippen molar-refractivity contribution in [3.63, 3.8) is 0 Å². The van der Waals surface area contributed by atoms with Gasteiger partial charge in [-0.3, -0.25) is 4.79 Å². The van der Waals surface area contributed by atoms with Crippen molar-refractivity contribution >= 4 is 17.2 Å². The number of carbonyl (C=O) groups is 1. The molecule has 0 spiro atoms. The van der Waals surface area contributed by atoms with Gasteiger partial charge in [0.2, 0.25) is 5.91 Å². The quantitative estimate of drug-likeness (QED) is 0.766. The predicted octanol–water partition coefficient (Wildman–Crippen LogP) is 1.41. The highest BCUT2D eigenvalue weighted by atomic mass is 32.1. The summed E-state index contributed by atoms with van der Waals surface area (Å²) in [6.45, 7) is 6.01. The Labute approximate surface area is 101 Å². The van der Waals surface area contributed by atoms with Crippen LogP contribution in [-0.4, -0.2) is 35.9 Å². The van der Waals surface area contributed by atoms with E-state index in [2.05, 4.69) is 17.2 Å². The summed E-state index contributed by atoms with van der Waals surface area (Å²) in [5, 5.41) is 4.14. The second-order valence-corrected chi connectivity index (χ2v) is 5.09. The zero-order chi connectivity index (χ0) is 12.0. The number of thiazole rings is 1. The molecular formula is C11H19N3OS. The number of hydrogen-bond acceptors (Lipinski definition) is 4. The van der Waals surface area contributed by atoms with E-state index in [1.165, 1.54) is 0 Å². The number of hydrogen-bond donors (Lipinski definition) is 1. The fourth-order valence-electron chi connectivity index (χ4n) is 1.31. The van der Waals surface area contributed by atoms with Crippen LogP contribution < -0.4 is 5.32 Å². The van der Waals surface area contributed by atoms with Crippen molar-refractivity contribution in [1.82, 2.24) is 15.2 Å². The molecule has 1 aromatic heterocycles. The van der Waals surface area contributed by atoms with E-state index in [0.717, 1.165) is 22.9 Å². The number of nitrogens with zero attached hydrogens (tertiary/aromatic N) is 2. The predicted molar refractivity (Wildman–Crippen MR) is 66.5 cm³/mol. The first kappa shape index (κ1) is 13.1. The van der Waals surface area contributed by atoms with E-state index in [0.29, 0.717) is 13.1 Å². The number of nitrogens with one attached hydrogen (secondary N) is 1. The second-order valence-electron chi connectivity index (χ2n) is 3.77. The van der Waals surface area contributed by atoms with Crippen LogP contribution in [0, 0.1) is 6.92 Å². The van der Waals surface area contributed by atoms with Gasteiger partial charge in [-0.15, -0.1) is 11.3 Å². The molecule has 0 aliphatic rings. The molecular weight excluding hydrogens is 222 g/mol. The van der Waals surface area contributed by atoms with Crippen LogP contribution in [0.1, 0.15) is 23.2 Å². The largest absolute Gasteiger partial charge is 0.339 e. The van der Waals surface area contributed by atoms with Crippen LogP contribution in [0.2, 0.25) is 0 Å². The molecule has 16 heavy (non-hydrogen) atoms. The monoisotopic (exact) mass is 241 g/mol. The third-order valence-electron chi connectivity index (χ3n) is 2.19. The summed E-state index contributed by atoms with van der Waals surface area (Å²) in [6, 6.07) is 0. The Bertz CT molecular complexity index is 338. The number of aryl methyl sites for hydroxylation is 1. The highest BCUT2D eigenvalue weighted by Crippen LogP contribution is 2.13. The third kappa shape index (κ3) is 4.28. The minimum atomic E-state index is 0.125. The van der Waals surface area contributed by atoms with Crippen molar-refractivity contribution in [3.05, 3.63) is 16.1 Å². The highest BCUT2D eigenvalue weighted by molar-refractivity contribution is 7.11. The number of amides is 1. The Morgan fingerprint density at radius 1 is 1.62 bits per heavy atom. The summed E-state index contributed by atoms with van der Waals surface area (Å²) in [7, 11) is 1.82. The molecule has 1 heterocycles. The molecule has 0 aliphatic heterocycles. The minimum Gasteiger partial charge on any atom is -0.339 e. The first-order chi connectivity index (χ1) is 7.63. The van der Waals surface area contributed by atoms with Crippen molar-refractivity contribution in [2.75, 3.05) is 20.1 Å². The Morgan fingerprint density at radius 3 is 2.94 bits per heavy atom. The standard InChI is InChI=1S/C11H19N3OS/c1-4-5-12-7-11(15)14(3)8-10-6-13-9(2)16-10/h6,12H,4-5,7-8H2,1-3H3. The SMILES string of the molecule is CCCNCC(=O)N(C)Cc1cnc(C)s1. The molecule has 0 aliphatic carbocycles. The number of likely N-dealkylation sites (N-methyl/N-ethyl adjacent to an activating group) is 1. The average molecular weight is 241 g/mol. The van der Waals surface area contributed by atoms with Gasteiger partial charge in [-0.1, -0.05) is 6.92 Å². The normalized spacial score (nSPS) is 10.4. The molecule has 0 fully saturated rings. The lowest BCUT2D eigenvalue weighted by Gasteiger charge is -2.16. The van der Waals surface area contributed by atoms with E-state index >= 15 is 0 Å². The maximum absolute atomic E-state index is 11.7. The maximum atomic E-state index is 11.7. The van der Waals surface area contributed by atoms with Gasteiger partial charge in [0.1, 0.15) is 0 Å². The second kappa shape index (κ2) is 6.60. The van der Waals surface area contributed by atoms with Gasteiger partial charge in [0.15, 0.2) is 0 Å². The van der Waals surface area contributed by atoms with E-state index in [1.54, 1.807) is 16.2 Å². The van der Waals surface area contributed by atoms with Crippen LogP contribution >= 0.6 is 11.3 Å². The van der Waals surface area contributed by atoms with Gasteiger partial charge in [0, 0.05) is 18.1 Å². The molecule has 90 valence electrons. The molecule has 0 saturated carbocycles. The average Bonchev–Trinajstić information content (AvgIpc) is 2.64. The summed E-state index contributed by atoms with van der Waals surface area (Å²) >= 11 is 1.64. The molecule has 0 saturated heterocycles. The zero-order valence-corrected chi connectivity index (χ0v) is 10.9. The topological polar surface area (TPSA) is 45.2 Å². The molecule has 4 nitrogen and oxygen atoms in total. The molecule has 1 amide bonds. The van der Waals surface area contributed by atoms with Crippen molar-refractivity contribution in [2.45, 2.75) is 26.8 Å². The number of carbonyl (C=O) groups excluding carboxylic acids is 1. The van der Waals surface area contributed by atoms with Crippen molar-refractivity contribution in [2.24, 2.45) is 0 Å². The number of rotatable bonds is 6. The van der Waals surface area contributed by atoms with E-state index in [1.807, 2.05) is 20.2 Å². The van der Waals surface area contributed by atoms with Crippen LogP contribution in [0.15, 0.2) is 6.20 Å². The lowest BCUT2D eigenvalue weighted by molar-refractivity contribution is -0.129. The van der Waals surface area contributed by atoms with E-state index in [-0.39, 0.29) is 5.91 Å². The minimum absolute atomic E-state index is 0.125. The van der Waals surface area contributed by atoms with Gasteiger partial charge in [-0.25, -0.2) is 4.98 Å². The summed E-state index contributed by atoms with van der Waals surface area (Å²) in [5.41, 5.74) is 0. The summed E-state index contributed by atoms with van der Waals surface area (Å²) in [5.74, 6) is 0.125. The van der Waals surface area contributed by atoms with Crippen molar-refractivity contribution in [3.8, 4) is 0 Å². The fraction of sp³-hybridized carbons (Fsp3) is 0.636. The molecule has 0 radical (unpaired) electrons. The lowest BCUT2D eigenvalue weighted by atomic mass is 10.4. The van der Waals surface area contributed by atoms with Gasteiger partial charge in [0.25, 0.3) is 0 Å². The number of aromatic nitrogens is 1. The van der Waals surface area contributed by atoms with Crippen LogP contribution in [-0.2, 0) is 11.3 Å². The van der Waals surface area contributed by atoms with E-state index < -0.39 is 0 Å². The van der Waals surface area contributed by atoms with Crippen LogP contribution in [0.25, 0.3) is 0 Å². The molecule has 0 bridgehead atoms. The van der Waals surface area contributed by atoms with Crippen molar-refractivity contribution in [1.29, 1.82) is 0 Å². The van der Waals surface area contributed by atoms with Crippen LogP contribution in [0.3, 0.4) is 0 Å². The molecule has 5 heteroatoms. The Kier molecular flexibility index (Phi) is 5.42. The zero-order valence-electron chi connectivity index (χ0n) is 10.1. The molecule has 1 N–H and O–H groups in total. The fourth-order valence-corrected chi connectivity index (χ4v) is 2.16. The van der Waals surface area contributed by atoms with Gasteiger partial charge >= 0.3 is 0 Å². The van der Waals surface area contributed by atoms with Crippen LogP contribution in [0.5, 0.6) is 0 Å². The van der Waals surface area contributed by atoms with E-state index in [9.17, 15) is 4.79 Å². The molecule has 0 atom stereocenters. The van der Waals surface area contributed by atoms with E-state index in [4.69, 9.17) is 0 Å². The molecule has 1 aromatic rings. The Hall–Kier alpha value is -0.940. The maximum Gasteiger partial charge on any atom is 0.236 e. The first-order valence-corrected chi connectivity index (χ1v) is 6.31. The summed E-state index contributed by atoms with van der Waals surface area (Å²) in [6.07, 6.45) is 2.88. The lowest BCUT2D eigenvalue weighted by Crippen LogP contribution is -2.35. The smallest absolute Gasteiger partial charge is 0.236 e. The molecule has 1 rings (SSSR count). The van der Waals surface area contributed by atoms with Gasteiger partial charge < -0.3 is 10.2 Å². The van der Waals surface area contributed by atoms with Gasteiger partial charge in [0.05, 0.1) is 18.1 Å². The highest BCUT2D eigenvalue weighted by Gasteiger charge is 2.09. The molecule has 0 unspecified atom stereocenters. The van der Waals surface area contributed by atoms with Crippen molar-refractivity contribution < 1.29 is 4.79 Å². The van der Waals surface area contributed by atoms with Gasteiger partial charge in [-0.2, -0.15) is 0 Å². The first-order valence-electron chi connectivity index (χ1n) is 5.49. The third-order valence-corrected chi connectivity index (χ3v) is 3.09. The van der Waals surface area contributed by atoms with Crippen LogP contribution in [0.4, 0.5) is 0 Å². The summed E-state index contributed by atoms with van der Waals surface area (Å²) in [4.78, 5) is 18.7. The van der Waals surface area contributed by atoms with Gasteiger partial charge in [-0.05, 0) is 19.9 Å². The molecule has 0 aromatic carbocycles. The Balaban J connectivity index is 2.34.